The summed E-state index contributed by atoms with van der Waals surface area (Å²) in [5.41, 5.74) is 10.8. The molecule has 2 N–H and O–H groups in total. The van der Waals surface area contributed by atoms with Crippen molar-refractivity contribution in [1.29, 1.82) is 0 Å². The fraction of sp³-hybridized carbons (Fsp3) is 0.571. The molecule has 2 aromatic carbocycles. The van der Waals surface area contributed by atoms with E-state index in [1.807, 2.05) is 25.1 Å². The van der Waals surface area contributed by atoms with Gasteiger partial charge in [0, 0.05) is 52.5 Å². The summed E-state index contributed by atoms with van der Waals surface area (Å²) in [5.74, 6) is -0.885. The zero-order valence-electron chi connectivity index (χ0n) is 22.5. The second-order valence-corrected chi connectivity index (χ2v) is 9.71. The first-order valence-corrected chi connectivity index (χ1v) is 12.3. The molecule has 0 unspecified atom stereocenters. The minimum atomic E-state index is -4.52. The molecule has 1 heterocycles. The van der Waals surface area contributed by atoms with Crippen LogP contribution in [0.1, 0.15) is 61.4 Å². The standard InChI is InChI=1S/C26H33F3NO3.C2H6O.Y/c1-18-7-5-8-21(19(18)2)9-6-14-31-23-11-10-20(15-22(23)26(27,28)29)12-13-25(30)16-32-24(3,4)33-17-25;1-2-3;/h5,7-8,10-11,15,30H,6,9,12-14,16-17H2,1-4H3;3H,2H2,1H3;/q-1;;. The van der Waals surface area contributed by atoms with Crippen LogP contribution in [0.25, 0.3) is 5.73 Å². The van der Waals surface area contributed by atoms with Crippen molar-refractivity contribution in [2.24, 2.45) is 0 Å². The van der Waals surface area contributed by atoms with Crippen molar-refractivity contribution < 1.29 is 65.2 Å². The fourth-order valence-electron chi connectivity index (χ4n) is 3.84. The molecule has 1 aliphatic heterocycles. The zero-order valence-corrected chi connectivity index (χ0v) is 25.3. The van der Waals surface area contributed by atoms with Crippen molar-refractivity contribution >= 4 is 0 Å². The fourth-order valence-corrected chi connectivity index (χ4v) is 3.84. The Morgan fingerprint density at radius 1 is 1.05 bits per heavy atom. The van der Waals surface area contributed by atoms with Crippen molar-refractivity contribution in [2.75, 3.05) is 26.4 Å². The summed E-state index contributed by atoms with van der Waals surface area (Å²) in [5, 5.41) is 7.57. The van der Waals surface area contributed by atoms with Crippen molar-refractivity contribution in [3.05, 3.63) is 69.9 Å². The van der Waals surface area contributed by atoms with Crippen LogP contribution in [0.5, 0.6) is 5.75 Å². The van der Waals surface area contributed by atoms with E-state index in [9.17, 15) is 13.2 Å². The number of benzene rings is 2. The summed E-state index contributed by atoms with van der Waals surface area (Å²) in [6, 6.07) is 10.3. The summed E-state index contributed by atoms with van der Waals surface area (Å²) in [4.78, 5) is 0. The van der Waals surface area contributed by atoms with E-state index in [1.54, 1.807) is 26.8 Å². The zero-order chi connectivity index (χ0) is 27.0. The van der Waals surface area contributed by atoms with Gasteiger partial charge in [0.2, 0.25) is 0 Å². The predicted octanol–water partition coefficient (Wildman–Crippen LogP) is 6.84. The molecule has 0 saturated carbocycles. The summed E-state index contributed by atoms with van der Waals surface area (Å²) in [7, 11) is 0. The molecule has 37 heavy (non-hydrogen) atoms. The van der Waals surface area contributed by atoms with Gasteiger partial charge >= 0.3 is 6.18 Å². The average molecular weight is 600 g/mol. The summed E-state index contributed by atoms with van der Waals surface area (Å²) in [6.45, 7) is 10.2. The number of aryl methyl sites for hydroxylation is 3. The normalized spacial score (nSPS) is 16.3. The van der Waals surface area contributed by atoms with Crippen LogP contribution >= 0.6 is 0 Å². The molecule has 1 fully saturated rings. The first-order chi connectivity index (χ1) is 16.8. The van der Waals surface area contributed by atoms with Crippen LogP contribution in [-0.2, 0) is 61.2 Å². The molecule has 0 aliphatic carbocycles. The average Bonchev–Trinajstić information content (AvgIpc) is 2.81. The number of ether oxygens (including phenoxy) is 3. The Balaban J connectivity index is 0.00000163. The SMILES string of the molecule is CCO.Cc1cccc(CCCOc2ccc(CCC3([NH-])COC(C)(C)OC3)cc2C(F)(F)F)c1C.[Y]. The summed E-state index contributed by atoms with van der Waals surface area (Å²) in [6.07, 6.45) is -2.47. The van der Waals surface area contributed by atoms with Crippen molar-refractivity contribution in [3.63, 3.8) is 0 Å². The number of rotatable bonds is 8. The molecule has 205 valence electrons. The molecule has 2 aromatic rings. The Labute approximate surface area is 244 Å². The number of aliphatic hydroxyl groups excluding tert-OH is 1. The Bertz CT molecular complexity index is 972. The molecule has 1 aliphatic rings. The van der Waals surface area contributed by atoms with Crippen molar-refractivity contribution in [2.45, 2.75) is 77.8 Å². The molecule has 0 spiro atoms. The van der Waals surface area contributed by atoms with Gasteiger partial charge in [0.25, 0.3) is 0 Å². The predicted molar refractivity (Wildman–Crippen MR) is 135 cm³/mol. The maximum atomic E-state index is 13.7. The van der Waals surface area contributed by atoms with Gasteiger partial charge in [-0.15, -0.1) is 0 Å². The number of alkyl halides is 3. The van der Waals surface area contributed by atoms with Gasteiger partial charge in [-0.3, -0.25) is 0 Å². The second-order valence-electron chi connectivity index (χ2n) is 9.71. The van der Waals surface area contributed by atoms with Gasteiger partial charge < -0.3 is 25.1 Å². The molecule has 0 bridgehead atoms. The van der Waals surface area contributed by atoms with E-state index >= 15 is 0 Å². The third-order valence-electron chi connectivity index (χ3n) is 6.20. The van der Waals surface area contributed by atoms with Gasteiger partial charge in [-0.05, 0) is 88.3 Å². The number of hydrogen-bond acceptors (Lipinski definition) is 4. The van der Waals surface area contributed by atoms with Gasteiger partial charge in [0.05, 0.1) is 12.2 Å². The number of halogens is 3. The van der Waals surface area contributed by atoms with E-state index in [-0.39, 0.29) is 64.9 Å². The van der Waals surface area contributed by atoms with E-state index in [2.05, 4.69) is 6.92 Å². The van der Waals surface area contributed by atoms with E-state index in [0.717, 1.165) is 12.5 Å². The van der Waals surface area contributed by atoms with Crippen LogP contribution in [0.3, 0.4) is 0 Å². The molecule has 5 nitrogen and oxygen atoms in total. The maximum Gasteiger partial charge on any atom is 0.419 e. The minimum Gasteiger partial charge on any atom is -0.668 e. The Hall–Kier alpha value is -1.03. The second kappa shape index (κ2) is 14.9. The first-order valence-electron chi connectivity index (χ1n) is 12.3. The number of nitrogens with one attached hydrogen (secondary N) is 1. The Morgan fingerprint density at radius 2 is 1.68 bits per heavy atom. The third-order valence-corrected chi connectivity index (χ3v) is 6.20. The van der Waals surface area contributed by atoms with Crippen LogP contribution in [0.2, 0.25) is 0 Å². The Kier molecular flexibility index (Phi) is 13.7. The molecule has 0 atom stereocenters. The van der Waals surface area contributed by atoms with Gasteiger partial charge in [0.1, 0.15) is 5.75 Å². The van der Waals surface area contributed by atoms with Crippen LogP contribution in [0.4, 0.5) is 13.2 Å². The van der Waals surface area contributed by atoms with Gasteiger partial charge in [-0.2, -0.15) is 13.2 Å². The molecule has 1 radical (unpaired) electrons. The van der Waals surface area contributed by atoms with Crippen LogP contribution in [0.15, 0.2) is 36.4 Å². The summed E-state index contributed by atoms with van der Waals surface area (Å²) >= 11 is 0. The maximum absolute atomic E-state index is 13.7. The van der Waals surface area contributed by atoms with E-state index in [1.165, 1.54) is 22.8 Å². The number of aliphatic hydroxyl groups is 1. The first kappa shape index (κ1) is 34.0. The van der Waals surface area contributed by atoms with E-state index in [4.69, 9.17) is 25.1 Å². The molecule has 9 heteroatoms. The molecule has 1 saturated heterocycles. The molecule has 0 amide bonds. The largest absolute Gasteiger partial charge is 0.668 e. The molecule has 3 rings (SSSR count). The summed E-state index contributed by atoms with van der Waals surface area (Å²) < 4.78 is 57.8. The van der Waals surface area contributed by atoms with Crippen molar-refractivity contribution in [3.8, 4) is 5.75 Å². The molecular formula is C28H39F3NO4Y-. The van der Waals surface area contributed by atoms with E-state index in [0.29, 0.717) is 24.8 Å². The van der Waals surface area contributed by atoms with Crippen molar-refractivity contribution in [1.82, 2.24) is 0 Å². The van der Waals surface area contributed by atoms with Crippen LogP contribution in [-0.4, -0.2) is 42.9 Å². The molecular weight excluding hydrogens is 560 g/mol. The minimum absolute atomic E-state index is 0. The van der Waals surface area contributed by atoms with Crippen LogP contribution < -0.4 is 4.74 Å². The monoisotopic (exact) mass is 599 g/mol. The van der Waals surface area contributed by atoms with E-state index < -0.39 is 23.1 Å². The topological polar surface area (TPSA) is 71.7 Å². The smallest absolute Gasteiger partial charge is 0.419 e. The molecule has 0 aromatic heterocycles. The van der Waals surface area contributed by atoms with Gasteiger partial charge in [-0.1, -0.05) is 36.2 Å². The van der Waals surface area contributed by atoms with Gasteiger partial charge in [0.15, 0.2) is 5.79 Å². The van der Waals surface area contributed by atoms with Gasteiger partial charge in [-0.25, -0.2) is 0 Å². The number of hydrogen-bond donors (Lipinski definition) is 1. The third kappa shape index (κ3) is 10.9. The Morgan fingerprint density at radius 3 is 2.27 bits per heavy atom. The van der Waals surface area contributed by atoms with Crippen LogP contribution in [0, 0.1) is 13.8 Å². The quantitative estimate of drug-likeness (QED) is 0.338.